The lowest BCUT2D eigenvalue weighted by Gasteiger charge is -2.37. The first-order chi connectivity index (χ1) is 9.96. The standard InChI is InChI=1S/C16H21NO3S/c1-13-6-3-7-14(2)17(13)21(19,20)16-10-4-8-15(12-16)9-5-11-18/h4,8,10,12-14,18H,3,6-7,11H2,1-2H3/t13-,14+. The minimum Gasteiger partial charge on any atom is -0.384 e. The summed E-state index contributed by atoms with van der Waals surface area (Å²) in [5.41, 5.74) is 0.599. The SMILES string of the molecule is C[C@@H]1CCC[C@H](C)N1S(=O)(=O)c1cccc(C#CCO)c1. The molecule has 0 amide bonds. The summed E-state index contributed by atoms with van der Waals surface area (Å²) in [7, 11) is -3.50. The molecule has 2 rings (SSSR count). The van der Waals surface area contributed by atoms with Crippen molar-refractivity contribution in [2.24, 2.45) is 0 Å². The Bertz CT molecular complexity index is 648. The van der Waals surface area contributed by atoms with Gasteiger partial charge in [0.1, 0.15) is 6.61 Å². The summed E-state index contributed by atoms with van der Waals surface area (Å²) < 4.78 is 27.3. The summed E-state index contributed by atoms with van der Waals surface area (Å²) in [6.45, 7) is 3.68. The Kier molecular flexibility index (Phi) is 5.04. The number of nitrogens with zero attached hydrogens (tertiary/aromatic N) is 1. The summed E-state index contributed by atoms with van der Waals surface area (Å²) in [5, 5.41) is 8.73. The van der Waals surface area contributed by atoms with Gasteiger partial charge < -0.3 is 5.11 Å². The van der Waals surface area contributed by atoms with Crippen molar-refractivity contribution in [2.75, 3.05) is 6.61 Å². The van der Waals surface area contributed by atoms with Gasteiger partial charge in [-0.25, -0.2) is 8.42 Å². The highest BCUT2D eigenvalue weighted by molar-refractivity contribution is 7.89. The van der Waals surface area contributed by atoms with E-state index in [9.17, 15) is 8.42 Å². The fraction of sp³-hybridized carbons (Fsp3) is 0.500. The Morgan fingerprint density at radius 1 is 1.29 bits per heavy atom. The van der Waals surface area contributed by atoms with Crippen LogP contribution in [0.15, 0.2) is 29.2 Å². The van der Waals surface area contributed by atoms with Crippen LogP contribution in [0.4, 0.5) is 0 Å². The van der Waals surface area contributed by atoms with Gasteiger partial charge in [-0.1, -0.05) is 24.3 Å². The van der Waals surface area contributed by atoms with E-state index in [1.807, 2.05) is 13.8 Å². The molecule has 1 aliphatic heterocycles. The van der Waals surface area contributed by atoms with Gasteiger partial charge in [-0.3, -0.25) is 0 Å². The fourth-order valence-corrected chi connectivity index (χ4v) is 4.80. The monoisotopic (exact) mass is 307 g/mol. The number of benzene rings is 1. The molecule has 4 nitrogen and oxygen atoms in total. The van der Waals surface area contributed by atoms with Gasteiger partial charge in [0.05, 0.1) is 4.90 Å². The van der Waals surface area contributed by atoms with Crippen LogP contribution in [0.5, 0.6) is 0 Å². The summed E-state index contributed by atoms with van der Waals surface area (Å²) in [4.78, 5) is 0.271. The van der Waals surface area contributed by atoms with Crippen LogP contribution < -0.4 is 0 Å². The Balaban J connectivity index is 2.39. The van der Waals surface area contributed by atoms with E-state index in [-0.39, 0.29) is 23.6 Å². The molecule has 0 aliphatic carbocycles. The van der Waals surface area contributed by atoms with Gasteiger partial charge in [0.15, 0.2) is 0 Å². The quantitative estimate of drug-likeness (QED) is 0.850. The van der Waals surface area contributed by atoms with E-state index in [1.165, 1.54) is 0 Å². The van der Waals surface area contributed by atoms with Crippen molar-refractivity contribution in [3.8, 4) is 11.8 Å². The molecule has 1 fully saturated rings. The average molecular weight is 307 g/mol. The third-order valence-electron chi connectivity index (χ3n) is 3.83. The van der Waals surface area contributed by atoms with Gasteiger partial charge in [0.25, 0.3) is 0 Å². The van der Waals surface area contributed by atoms with Crippen LogP contribution >= 0.6 is 0 Å². The van der Waals surface area contributed by atoms with Gasteiger partial charge in [-0.05, 0) is 44.9 Å². The van der Waals surface area contributed by atoms with Crippen LogP contribution in [0.3, 0.4) is 0 Å². The van der Waals surface area contributed by atoms with Crippen molar-refractivity contribution in [2.45, 2.75) is 50.1 Å². The molecule has 114 valence electrons. The molecule has 5 heteroatoms. The topological polar surface area (TPSA) is 57.6 Å². The zero-order valence-corrected chi connectivity index (χ0v) is 13.2. The third-order valence-corrected chi connectivity index (χ3v) is 5.96. The molecule has 0 aromatic heterocycles. The predicted molar refractivity (Wildman–Crippen MR) is 82.2 cm³/mol. The first kappa shape index (κ1) is 16.0. The number of sulfonamides is 1. The minimum absolute atomic E-state index is 0.0194. The van der Waals surface area contributed by atoms with Crippen LogP contribution in [0.1, 0.15) is 38.7 Å². The Morgan fingerprint density at radius 3 is 2.57 bits per heavy atom. The Morgan fingerprint density at radius 2 is 1.95 bits per heavy atom. The molecule has 0 radical (unpaired) electrons. The molecule has 0 unspecified atom stereocenters. The lowest BCUT2D eigenvalue weighted by Crippen LogP contribution is -2.47. The van der Waals surface area contributed by atoms with Crippen LogP contribution in [0.25, 0.3) is 0 Å². The van der Waals surface area contributed by atoms with Crippen molar-refractivity contribution in [1.82, 2.24) is 4.31 Å². The van der Waals surface area contributed by atoms with Crippen LogP contribution in [0, 0.1) is 11.8 Å². The fourth-order valence-electron chi connectivity index (χ4n) is 2.87. The van der Waals surface area contributed by atoms with E-state index in [1.54, 1.807) is 28.6 Å². The first-order valence-corrected chi connectivity index (χ1v) is 8.64. The van der Waals surface area contributed by atoms with E-state index in [4.69, 9.17) is 5.11 Å². The molecule has 2 atom stereocenters. The molecule has 1 aliphatic rings. The molecule has 0 saturated carbocycles. The number of aliphatic hydroxyl groups excluding tert-OH is 1. The van der Waals surface area contributed by atoms with Crippen molar-refractivity contribution in [3.05, 3.63) is 29.8 Å². The zero-order valence-electron chi connectivity index (χ0n) is 12.4. The molecule has 1 aromatic carbocycles. The molecular weight excluding hydrogens is 286 g/mol. The third kappa shape index (κ3) is 3.46. The maximum Gasteiger partial charge on any atom is 0.243 e. The second kappa shape index (κ2) is 6.61. The number of piperidine rings is 1. The predicted octanol–water partition coefficient (Wildman–Crippen LogP) is 1.98. The van der Waals surface area contributed by atoms with Gasteiger partial charge in [0, 0.05) is 17.6 Å². The molecule has 1 heterocycles. The molecule has 1 saturated heterocycles. The first-order valence-electron chi connectivity index (χ1n) is 7.20. The van der Waals surface area contributed by atoms with E-state index < -0.39 is 10.0 Å². The summed E-state index contributed by atoms with van der Waals surface area (Å²) in [5.74, 6) is 5.29. The van der Waals surface area contributed by atoms with E-state index in [0.29, 0.717) is 5.56 Å². The molecule has 21 heavy (non-hydrogen) atoms. The number of hydrogen-bond acceptors (Lipinski definition) is 3. The average Bonchev–Trinajstić information content (AvgIpc) is 2.45. The summed E-state index contributed by atoms with van der Waals surface area (Å²) >= 11 is 0. The van der Waals surface area contributed by atoms with Gasteiger partial charge in [-0.15, -0.1) is 0 Å². The largest absolute Gasteiger partial charge is 0.384 e. The zero-order chi connectivity index (χ0) is 15.5. The van der Waals surface area contributed by atoms with Crippen molar-refractivity contribution in [3.63, 3.8) is 0 Å². The number of rotatable bonds is 2. The molecular formula is C16H21NO3S. The van der Waals surface area contributed by atoms with Crippen molar-refractivity contribution in [1.29, 1.82) is 0 Å². The highest BCUT2D eigenvalue weighted by atomic mass is 32.2. The number of hydrogen-bond donors (Lipinski definition) is 1. The second-order valence-electron chi connectivity index (χ2n) is 5.45. The minimum atomic E-state index is -3.50. The van der Waals surface area contributed by atoms with Gasteiger partial charge in [-0.2, -0.15) is 4.31 Å². The lowest BCUT2D eigenvalue weighted by molar-refractivity contribution is 0.204. The summed E-state index contributed by atoms with van der Waals surface area (Å²) in [6, 6.07) is 6.65. The Hall–Kier alpha value is -1.35. The van der Waals surface area contributed by atoms with Crippen LogP contribution in [-0.2, 0) is 10.0 Å². The van der Waals surface area contributed by atoms with Crippen molar-refractivity contribution >= 4 is 10.0 Å². The van der Waals surface area contributed by atoms with Crippen LogP contribution in [0.2, 0.25) is 0 Å². The van der Waals surface area contributed by atoms with Crippen molar-refractivity contribution < 1.29 is 13.5 Å². The molecule has 1 aromatic rings. The van der Waals surface area contributed by atoms with E-state index >= 15 is 0 Å². The van der Waals surface area contributed by atoms with Gasteiger partial charge >= 0.3 is 0 Å². The molecule has 1 N–H and O–H groups in total. The summed E-state index contributed by atoms with van der Waals surface area (Å²) in [6.07, 6.45) is 2.86. The van der Waals surface area contributed by atoms with Gasteiger partial charge in [0.2, 0.25) is 10.0 Å². The van der Waals surface area contributed by atoms with E-state index in [2.05, 4.69) is 11.8 Å². The van der Waals surface area contributed by atoms with E-state index in [0.717, 1.165) is 19.3 Å². The highest BCUT2D eigenvalue weighted by Crippen LogP contribution is 2.29. The van der Waals surface area contributed by atoms with Crippen LogP contribution in [-0.4, -0.2) is 36.5 Å². The Labute approximate surface area is 126 Å². The molecule has 0 bridgehead atoms. The second-order valence-corrected chi connectivity index (χ2v) is 7.29. The normalized spacial score (nSPS) is 23.4. The number of aliphatic hydroxyl groups is 1. The highest BCUT2D eigenvalue weighted by Gasteiger charge is 2.35. The maximum absolute atomic E-state index is 12.9. The lowest BCUT2D eigenvalue weighted by atomic mass is 10.0. The molecule has 0 spiro atoms. The maximum atomic E-state index is 12.9. The smallest absolute Gasteiger partial charge is 0.243 e.